The average molecular weight is 283 g/mol. The quantitative estimate of drug-likeness (QED) is 0.738. The van der Waals surface area contributed by atoms with E-state index in [9.17, 15) is 4.79 Å². The first kappa shape index (κ1) is 13.0. The summed E-state index contributed by atoms with van der Waals surface area (Å²) in [7, 11) is 0. The van der Waals surface area contributed by atoms with Crippen LogP contribution in [-0.2, 0) is 4.74 Å². The van der Waals surface area contributed by atoms with Crippen LogP contribution in [0.1, 0.15) is 17.4 Å². The third-order valence-corrected chi connectivity index (χ3v) is 2.96. The third kappa shape index (κ3) is 2.53. The van der Waals surface area contributed by atoms with Crippen molar-refractivity contribution in [2.75, 3.05) is 6.61 Å². The Bertz CT molecular complexity index is 731. The van der Waals surface area contributed by atoms with E-state index in [0.717, 1.165) is 11.3 Å². The summed E-state index contributed by atoms with van der Waals surface area (Å²) in [6.07, 6.45) is 5.29. The minimum atomic E-state index is -0.486. The Hall–Kier alpha value is -2.96. The molecule has 0 saturated heterocycles. The maximum Gasteiger partial charge on any atom is 0.361 e. The predicted octanol–water partition coefficient (Wildman–Crippen LogP) is 1.83. The van der Waals surface area contributed by atoms with E-state index in [1.54, 1.807) is 19.4 Å². The zero-order chi connectivity index (χ0) is 14.7. The number of H-pyrrole nitrogens is 1. The molecule has 0 saturated carbocycles. The van der Waals surface area contributed by atoms with E-state index >= 15 is 0 Å². The number of nitrogens with one attached hydrogen (secondary N) is 1. The lowest BCUT2D eigenvalue weighted by Crippen LogP contribution is -2.06. The Morgan fingerprint density at radius 3 is 2.76 bits per heavy atom. The van der Waals surface area contributed by atoms with Crippen LogP contribution in [0.3, 0.4) is 0 Å². The van der Waals surface area contributed by atoms with Crippen LogP contribution in [0.4, 0.5) is 0 Å². The minimum Gasteiger partial charge on any atom is -0.461 e. The summed E-state index contributed by atoms with van der Waals surface area (Å²) in [6.45, 7) is 2.04. The highest BCUT2D eigenvalue weighted by atomic mass is 16.5. The van der Waals surface area contributed by atoms with Gasteiger partial charge >= 0.3 is 5.97 Å². The second-order valence-electron chi connectivity index (χ2n) is 4.26. The van der Waals surface area contributed by atoms with Gasteiger partial charge < -0.3 is 9.30 Å². The number of carbonyl (C=O) groups excluding carboxylic acids is 1. The largest absolute Gasteiger partial charge is 0.461 e. The molecule has 0 unspecified atom stereocenters. The number of imidazole rings is 1. The summed E-state index contributed by atoms with van der Waals surface area (Å²) in [5.41, 5.74) is 2.42. The molecule has 0 aliphatic carbocycles. The Kier molecular flexibility index (Phi) is 3.46. The molecule has 0 radical (unpaired) electrons. The molecule has 0 aliphatic heterocycles. The smallest absolute Gasteiger partial charge is 0.361 e. The molecule has 0 spiro atoms. The number of hydrogen-bond donors (Lipinski definition) is 1. The van der Waals surface area contributed by atoms with E-state index in [4.69, 9.17) is 4.74 Å². The van der Waals surface area contributed by atoms with Crippen molar-refractivity contribution in [1.29, 1.82) is 0 Å². The van der Waals surface area contributed by atoms with Gasteiger partial charge in [-0.15, -0.1) is 5.10 Å². The first-order valence-electron chi connectivity index (χ1n) is 6.46. The number of esters is 1. The van der Waals surface area contributed by atoms with E-state index in [-0.39, 0.29) is 5.69 Å². The molecule has 3 aromatic rings. The van der Waals surface area contributed by atoms with Crippen molar-refractivity contribution in [3.05, 3.63) is 48.7 Å². The molecule has 2 heterocycles. The number of aromatic amines is 1. The fourth-order valence-electron chi connectivity index (χ4n) is 1.98. The molecule has 3 rings (SSSR count). The number of nitrogens with zero attached hydrogens (tertiary/aromatic N) is 4. The highest BCUT2D eigenvalue weighted by Gasteiger charge is 2.18. The van der Waals surface area contributed by atoms with Gasteiger partial charge in [0, 0.05) is 23.6 Å². The molecule has 0 aliphatic rings. The summed E-state index contributed by atoms with van der Waals surface area (Å²) in [5.74, 6) is -0.486. The van der Waals surface area contributed by atoms with Crippen LogP contribution in [0.25, 0.3) is 16.9 Å². The molecule has 1 aromatic carbocycles. The lowest BCUT2D eigenvalue weighted by atomic mass is 10.1. The monoisotopic (exact) mass is 283 g/mol. The number of benzene rings is 1. The van der Waals surface area contributed by atoms with Crippen LogP contribution in [-0.4, -0.2) is 37.5 Å². The molecular weight excluding hydrogens is 270 g/mol. The van der Waals surface area contributed by atoms with Crippen LogP contribution in [0.2, 0.25) is 0 Å². The zero-order valence-corrected chi connectivity index (χ0v) is 11.4. The summed E-state index contributed by atoms with van der Waals surface area (Å²) in [4.78, 5) is 15.8. The molecule has 7 heteroatoms. The van der Waals surface area contributed by atoms with Gasteiger partial charge in [-0.3, -0.25) is 0 Å². The van der Waals surface area contributed by atoms with Gasteiger partial charge in [-0.05, 0) is 19.1 Å². The highest BCUT2D eigenvalue weighted by molar-refractivity contribution is 5.93. The average Bonchev–Trinajstić information content (AvgIpc) is 3.19. The fraction of sp³-hybridized carbons (Fsp3) is 0.143. The van der Waals surface area contributed by atoms with Gasteiger partial charge in [0.1, 0.15) is 5.69 Å². The SMILES string of the molecule is CCOC(=O)c1n[nH]nc1-c1ccc(-n2ccnc2)cc1. The van der Waals surface area contributed by atoms with E-state index < -0.39 is 5.97 Å². The number of rotatable bonds is 4. The zero-order valence-electron chi connectivity index (χ0n) is 11.4. The van der Waals surface area contributed by atoms with Crippen molar-refractivity contribution in [2.45, 2.75) is 6.92 Å². The first-order valence-corrected chi connectivity index (χ1v) is 6.46. The van der Waals surface area contributed by atoms with Gasteiger partial charge in [0.2, 0.25) is 0 Å². The van der Waals surface area contributed by atoms with Crippen molar-refractivity contribution < 1.29 is 9.53 Å². The Labute approximate surface area is 120 Å². The molecule has 0 fully saturated rings. The lowest BCUT2D eigenvalue weighted by molar-refractivity contribution is 0.0520. The van der Waals surface area contributed by atoms with E-state index in [2.05, 4.69) is 20.4 Å². The molecular formula is C14H13N5O2. The summed E-state index contributed by atoms with van der Waals surface area (Å²) in [6, 6.07) is 7.58. The fourth-order valence-corrected chi connectivity index (χ4v) is 1.98. The Morgan fingerprint density at radius 2 is 2.10 bits per heavy atom. The van der Waals surface area contributed by atoms with Gasteiger partial charge in [-0.25, -0.2) is 9.78 Å². The minimum absolute atomic E-state index is 0.187. The van der Waals surface area contributed by atoms with Crippen molar-refractivity contribution in [2.24, 2.45) is 0 Å². The molecule has 0 amide bonds. The van der Waals surface area contributed by atoms with Crippen LogP contribution in [0.5, 0.6) is 0 Å². The number of hydrogen-bond acceptors (Lipinski definition) is 5. The van der Waals surface area contributed by atoms with Crippen molar-refractivity contribution in [3.8, 4) is 16.9 Å². The number of ether oxygens (including phenoxy) is 1. The molecule has 0 bridgehead atoms. The van der Waals surface area contributed by atoms with Gasteiger partial charge in [-0.1, -0.05) is 12.1 Å². The van der Waals surface area contributed by atoms with Crippen LogP contribution in [0, 0.1) is 0 Å². The van der Waals surface area contributed by atoms with Gasteiger partial charge in [0.05, 0.1) is 12.9 Å². The molecule has 106 valence electrons. The van der Waals surface area contributed by atoms with Crippen molar-refractivity contribution in [3.63, 3.8) is 0 Å². The maximum absolute atomic E-state index is 11.8. The van der Waals surface area contributed by atoms with E-state index in [0.29, 0.717) is 12.3 Å². The lowest BCUT2D eigenvalue weighted by Gasteiger charge is -2.04. The van der Waals surface area contributed by atoms with Crippen LogP contribution in [0.15, 0.2) is 43.0 Å². The van der Waals surface area contributed by atoms with Crippen LogP contribution >= 0.6 is 0 Å². The second kappa shape index (κ2) is 5.58. The second-order valence-corrected chi connectivity index (χ2v) is 4.26. The molecule has 2 aromatic heterocycles. The highest BCUT2D eigenvalue weighted by Crippen LogP contribution is 2.21. The third-order valence-electron chi connectivity index (χ3n) is 2.96. The topological polar surface area (TPSA) is 85.7 Å². The molecule has 7 nitrogen and oxygen atoms in total. The molecule has 1 N–H and O–H groups in total. The Morgan fingerprint density at radius 1 is 1.29 bits per heavy atom. The Balaban J connectivity index is 1.91. The molecule has 0 atom stereocenters. The van der Waals surface area contributed by atoms with Crippen molar-refractivity contribution >= 4 is 5.97 Å². The van der Waals surface area contributed by atoms with Crippen LogP contribution < -0.4 is 0 Å². The maximum atomic E-state index is 11.8. The summed E-state index contributed by atoms with van der Waals surface area (Å²) in [5, 5.41) is 10.3. The van der Waals surface area contributed by atoms with E-state index in [1.807, 2.05) is 35.0 Å². The van der Waals surface area contributed by atoms with E-state index in [1.165, 1.54) is 0 Å². The van der Waals surface area contributed by atoms with Gasteiger partial charge in [-0.2, -0.15) is 10.3 Å². The normalized spacial score (nSPS) is 10.5. The predicted molar refractivity (Wildman–Crippen MR) is 74.9 cm³/mol. The first-order chi connectivity index (χ1) is 10.3. The van der Waals surface area contributed by atoms with Gasteiger partial charge in [0.15, 0.2) is 5.69 Å². The number of carbonyl (C=O) groups is 1. The number of aromatic nitrogens is 5. The van der Waals surface area contributed by atoms with Crippen molar-refractivity contribution in [1.82, 2.24) is 25.0 Å². The summed E-state index contributed by atoms with van der Waals surface area (Å²) < 4.78 is 6.84. The summed E-state index contributed by atoms with van der Waals surface area (Å²) >= 11 is 0. The molecule has 21 heavy (non-hydrogen) atoms. The standard InChI is InChI=1S/C14H13N5O2/c1-2-21-14(20)13-12(16-18-17-13)10-3-5-11(6-4-10)19-8-7-15-9-19/h3-9H,2H2,1H3,(H,16,17,18). The van der Waals surface area contributed by atoms with Gasteiger partial charge in [0.25, 0.3) is 0 Å².